The number of nitrogens with zero attached hydrogens (tertiary/aromatic N) is 1. The second-order valence-corrected chi connectivity index (χ2v) is 6.92. The summed E-state index contributed by atoms with van der Waals surface area (Å²) in [6, 6.07) is 5.14. The molecule has 0 heterocycles. The highest BCUT2D eigenvalue weighted by Gasteiger charge is 2.19. The van der Waals surface area contributed by atoms with Gasteiger partial charge in [-0.05, 0) is 64.7 Å². The molecule has 0 aromatic heterocycles. The van der Waals surface area contributed by atoms with E-state index < -0.39 is 0 Å². The number of aryl methyl sites for hydroxylation is 1. The van der Waals surface area contributed by atoms with Gasteiger partial charge in [0.2, 0.25) is 0 Å². The number of unbranched alkanes of at least 4 members (excludes halogenated alkanes) is 5. The summed E-state index contributed by atoms with van der Waals surface area (Å²) in [5.74, 6) is 0.132. The first-order valence-corrected chi connectivity index (χ1v) is 9.81. The summed E-state index contributed by atoms with van der Waals surface area (Å²) < 4.78 is 20.4. The van der Waals surface area contributed by atoms with E-state index in [0.29, 0.717) is 12.4 Å². The van der Waals surface area contributed by atoms with Crippen LogP contribution in [0.5, 0.6) is 5.75 Å². The highest BCUT2D eigenvalue weighted by Crippen LogP contribution is 2.18. The van der Waals surface area contributed by atoms with E-state index in [0.717, 1.165) is 12.0 Å². The van der Waals surface area contributed by atoms with Gasteiger partial charge in [-0.3, -0.25) is 0 Å². The third-order valence-corrected chi connectivity index (χ3v) is 5.38. The van der Waals surface area contributed by atoms with E-state index in [-0.39, 0.29) is 5.82 Å². The first-order valence-electron chi connectivity index (χ1n) is 9.81. The van der Waals surface area contributed by atoms with E-state index in [1.165, 1.54) is 68.8 Å². The molecule has 138 valence electrons. The lowest BCUT2D eigenvalue weighted by Gasteiger charge is -2.35. The molecule has 3 heteroatoms. The number of benzene rings is 1. The van der Waals surface area contributed by atoms with Crippen molar-refractivity contribution in [2.75, 3.05) is 32.8 Å². The number of halogens is 1. The Morgan fingerprint density at radius 2 is 1.46 bits per heavy atom. The van der Waals surface area contributed by atoms with Crippen LogP contribution in [-0.4, -0.2) is 37.3 Å². The summed E-state index contributed by atoms with van der Waals surface area (Å²) >= 11 is 0. The second kappa shape index (κ2) is 11.5. The van der Waals surface area contributed by atoms with Crippen LogP contribution < -0.4 is 4.74 Å². The van der Waals surface area contributed by atoms with Gasteiger partial charge >= 0.3 is 0 Å². The Hall–Kier alpha value is -1.09. The molecule has 0 atom stereocenters. The second-order valence-electron chi connectivity index (χ2n) is 6.92. The van der Waals surface area contributed by atoms with Crippen molar-refractivity contribution in [1.82, 2.24) is 0 Å². The molecule has 0 unspecified atom stereocenters. The fourth-order valence-electron chi connectivity index (χ4n) is 3.31. The molecule has 0 saturated carbocycles. The molecule has 0 radical (unpaired) electrons. The molecule has 0 aliphatic heterocycles. The highest BCUT2D eigenvalue weighted by atomic mass is 19.1. The fraction of sp³-hybridized carbons (Fsp3) is 0.714. The maximum Gasteiger partial charge on any atom is 0.165 e. The van der Waals surface area contributed by atoms with Gasteiger partial charge in [0.05, 0.1) is 32.8 Å². The largest absolute Gasteiger partial charge is 0.491 e. The Balaban J connectivity index is 2.04. The van der Waals surface area contributed by atoms with E-state index in [9.17, 15) is 4.39 Å². The van der Waals surface area contributed by atoms with Gasteiger partial charge in [0.15, 0.2) is 11.6 Å². The molecule has 0 bridgehead atoms. The lowest BCUT2D eigenvalue weighted by molar-refractivity contribution is -0.923. The molecule has 0 fully saturated rings. The third-order valence-electron chi connectivity index (χ3n) is 5.38. The van der Waals surface area contributed by atoms with Gasteiger partial charge in [-0.1, -0.05) is 25.3 Å². The van der Waals surface area contributed by atoms with Gasteiger partial charge in [-0.15, -0.1) is 0 Å². The molecule has 1 aromatic rings. The van der Waals surface area contributed by atoms with Gasteiger partial charge < -0.3 is 9.22 Å². The Morgan fingerprint density at radius 3 is 2.04 bits per heavy atom. The molecule has 0 spiro atoms. The smallest absolute Gasteiger partial charge is 0.165 e. The summed E-state index contributed by atoms with van der Waals surface area (Å²) in [4.78, 5) is 0. The van der Waals surface area contributed by atoms with Crippen LogP contribution in [0.3, 0.4) is 0 Å². The lowest BCUT2D eigenvalue weighted by Crippen LogP contribution is -2.48. The Morgan fingerprint density at radius 1 is 0.875 bits per heavy atom. The van der Waals surface area contributed by atoms with E-state index >= 15 is 0 Å². The van der Waals surface area contributed by atoms with Crippen molar-refractivity contribution in [2.24, 2.45) is 0 Å². The van der Waals surface area contributed by atoms with E-state index in [1.54, 1.807) is 6.07 Å². The van der Waals surface area contributed by atoms with Crippen LogP contribution in [-0.2, 0) is 0 Å². The zero-order chi connectivity index (χ0) is 17.8. The summed E-state index contributed by atoms with van der Waals surface area (Å²) in [5, 5.41) is 0. The molecule has 24 heavy (non-hydrogen) atoms. The number of rotatable bonds is 13. The summed E-state index contributed by atoms with van der Waals surface area (Å²) in [6.45, 7) is 14.5. The van der Waals surface area contributed by atoms with Crippen molar-refractivity contribution < 1.29 is 13.6 Å². The van der Waals surface area contributed by atoms with Crippen molar-refractivity contribution in [2.45, 2.75) is 66.2 Å². The minimum atomic E-state index is -0.251. The van der Waals surface area contributed by atoms with E-state index in [1.807, 2.05) is 13.0 Å². The number of hydrogen-bond acceptors (Lipinski definition) is 1. The maximum absolute atomic E-state index is 13.6. The molecular weight excluding hydrogens is 301 g/mol. The van der Waals surface area contributed by atoms with Crippen molar-refractivity contribution in [1.29, 1.82) is 0 Å². The summed E-state index contributed by atoms with van der Waals surface area (Å²) in [7, 11) is 0. The Kier molecular flexibility index (Phi) is 10.0. The predicted octanol–water partition coefficient (Wildman–Crippen LogP) is 5.73. The van der Waals surface area contributed by atoms with Crippen LogP contribution in [0, 0.1) is 12.7 Å². The molecule has 0 aliphatic rings. The maximum atomic E-state index is 13.6. The van der Waals surface area contributed by atoms with Gasteiger partial charge in [0.1, 0.15) is 0 Å². The quantitative estimate of drug-likeness (QED) is 0.330. The monoisotopic (exact) mass is 338 g/mol. The van der Waals surface area contributed by atoms with Crippen molar-refractivity contribution in [3.63, 3.8) is 0 Å². The Labute approximate surface area is 148 Å². The first-order chi connectivity index (χ1) is 11.6. The molecule has 0 N–H and O–H groups in total. The minimum absolute atomic E-state index is 0.251. The number of ether oxygens (including phenoxy) is 1. The van der Waals surface area contributed by atoms with Crippen LogP contribution in [0.15, 0.2) is 18.2 Å². The standard InChI is InChI=1S/C21H37FNO/c1-5-23(6-2,7-3)16-12-10-8-9-11-13-17-24-21-15-14-19(4)18-20(21)22/h14-15,18H,5-13,16-17H2,1-4H3/q+1. The van der Waals surface area contributed by atoms with E-state index in [2.05, 4.69) is 20.8 Å². The van der Waals surface area contributed by atoms with Crippen molar-refractivity contribution >= 4 is 0 Å². The van der Waals surface area contributed by atoms with Crippen LogP contribution in [0.2, 0.25) is 0 Å². The van der Waals surface area contributed by atoms with Crippen LogP contribution in [0.1, 0.15) is 64.9 Å². The average Bonchev–Trinajstić information content (AvgIpc) is 2.59. The Bertz CT molecular complexity index is 449. The molecule has 0 saturated heterocycles. The zero-order valence-electron chi connectivity index (χ0n) is 16.2. The normalized spacial score (nSPS) is 11.7. The molecule has 1 rings (SSSR count). The van der Waals surface area contributed by atoms with Crippen molar-refractivity contribution in [3.05, 3.63) is 29.6 Å². The molecular formula is C21H37FNO+. The number of hydrogen-bond donors (Lipinski definition) is 0. The summed E-state index contributed by atoms with van der Waals surface area (Å²) in [6.07, 6.45) is 7.39. The molecule has 2 nitrogen and oxygen atoms in total. The average molecular weight is 339 g/mol. The highest BCUT2D eigenvalue weighted by molar-refractivity contribution is 5.28. The molecule has 0 amide bonds. The van der Waals surface area contributed by atoms with Crippen LogP contribution in [0.4, 0.5) is 4.39 Å². The topological polar surface area (TPSA) is 9.23 Å². The van der Waals surface area contributed by atoms with Crippen molar-refractivity contribution in [3.8, 4) is 5.75 Å². The third kappa shape index (κ3) is 7.21. The van der Waals surface area contributed by atoms with Gasteiger partial charge in [0.25, 0.3) is 0 Å². The fourth-order valence-corrected chi connectivity index (χ4v) is 3.31. The molecule has 1 aromatic carbocycles. The zero-order valence-corrected chi connectivity index (χ0v) is 16.2. The molecule has 0 aliphatic carbocycles. The van der Waals surface area contributed by atoms with Gasteiger partial charge in [-0.25, -0.2) is 4.39 Å². The van der Waals surface area contributed by atoms with E-state index in [4.69, 9.17) is 4.74 Å². The van der Waals surface area contributed by atoms with Gasteiger partial charge in [0, 0.05) is 0 Å². The lowest BCUT2D eigenvalue weighted by atomic mass is 10.1. The predicted molar refractivity (Wildman–Crippen MR) is 101 cm³/mol. The SMILES string of the molecule is CC[N+](CC)(CC)CCCCCCCCOc1ccc(C)cc1F. The van der Waals surface area contributed by atoms with Crippen LogP contribution in [0.25, 0.3) is 0 Å². The van der Waals surface area contributed by atoms with Gasteiger partial charge in [-0.2, -0.15) is 0 Å². The summed E-state index contributed by atoms with van der Waals surface area (Å²) in [5.41, 5.74) is 0.928. The minimum Gasteiger partial charge on any atom is -0.491 e. The van der Waals surface area contributed by atoms with Crippen LogP contribution >= 0.6 is 0 Å². The first kappa shape index (κ1) is 21.0. The number of quaternary nitrogens is 1.